The maximum absolute atomic E-state index is 12.9. The van der Waals surface area contributed by atoms with Crippen molar-refractivity contribution in [3.8, 4) is 0 Å². The number of ether oxygens (including phenoxy) is 2. The number of anilines is 1. The Hall–Kier alpha value is -3.33. The third-order valence-corrected chi connectivity index (χ3v) is 4.16. The van der Waals surface area contributed by atoms with Crippen molar-refractivity contribution in [2.24, 2.45) is 0 Å². The van der Waals surface area contributed by atoms with Crippen LogP contribution >= 0.6 is 11.6 Å². The highest BCUT2D eigenvalue weighted by Crippen LogP contribution is 2.35. The monoisotopic (exact) mass is 441 g/mol. The number of hydrogen-bond acceptors (Lipinski definition) is 5. The Morgan fingerprint density at radius 2 is 1.67 bits per heavy atom. The first-order valence-electron chi connectivity index (χ1n) is 8.23. The number of alkyl halides is 3. The summed E-state index contributed by atoms with van der Waals surface area (Å²) >= 11 is 5.56. The number of halogens is 4. The van der Waals surface area contributed by atoms with E-state index >= 15 is 0 Å². The molecular weight excluding hydrogens is 427 g/mol. The first-order valence-corrected chi connectivity index (χ1v) is 8.61. The molecule has 1 amide bonds. The van der Waals surface area contributed by atoms with E-state index in [-0.39, 0.29) is 22.4 Å². The Kier molecular flexibility index (Phi) is 7.23. The van der Waals surface area contributed by atoms with Gasteiger partial charge in [-0.05, 0) is 42.0 Å². The minimum Gasteiger partial charge on any atom is -0.465 e. The molecule has 0 aliphatic heterocycles. The predicted octanol–water partition coefficient (Wildman–Crippen LogP) is 4.58. The molecule has 0 aliphatic carbocycles. The number of carbonyl (C=O) groups excluding carboxylic acids is 3. The molecule has 0 atom stereocenters. The van der Waals surface area contributed by atoms with Crippen LogP contribution in [0.25, 0.3) is 6.08 Å². The molecule has 0 saturated heterocycles. The van der Waals surface area contributed by atoms with Crippen molar-refractivity contribution in [3.63, 3.8) is 0 Å². The van der Waals surface area contributed by atoms with Gasteiger partial charge in [0.25, 0.3) is 0 Å². The van der Waals surface area contributed by atoms with Crippen LogP contribution in [0.15, 0.2) is 42.5 Å². The summed E-state index contributed by atoms with van der Waals surface area (Å²) in [6.07, 6.45) is -2.54. The van der Waals surface area contributed by atoms with Gasteiger partial charge >= 0.3 is 18.1 Å². The third-order valence-electron chi connectivity index (χ3n) is 3.83. The lowest BCUT2D eigenvalue weighted by atomic mass is 10.1. The molecule has 0 heterocycles. The first-order chi connectivity index (χ1) is 14.1. The van der Waals surface area contributed by atoms with E-state index in [4.69, 9.17) is 11.6 Å². The predicted molar refractivity (Wildman–Crippen MR) is 103 cm³/mol. The summed E-state index contributed by atoms with van der Waals surface area (Å²) in [6, 6.07) is 6.97. The molecule has 158 valence electrons. The number of amides is 1. The van der Waals surface area contributed by atoms with Gasteiger partial charge < -0.3 is 14.8 Å². The summed E-state index contributed by atoms with van der Waals surface area (Å²) < 4.78 is 48.0. The summed E-state index contributed by atoms with van der Waals surface area (Å²) in [5.41, 5.74) is -0.954. The Morgan fingerprint density at radius 1 is 1.00 bits per heavy atom. The molecule has 2 rings (SSSR count). The van der Waals surface area contributed by atoms with E-state index in [9.17, 15) is 27.6 Å². The lowest BCUT2D eigenvalue weighted by molar-refractivity contribution is -0.137. The fourth-order valence-electron chi connectivity index (χ4n) is 2.39. The van der Waals surface area contributed by atoms with Crippen LogP contribution in [0.2, 0.25) is 5.02 Å². The minimum atomic E-state index is -4.65. The van der Waals surface area contributed by atoms with Crippen LogP contribution in [0, 0.1) is 0 Å². The van der Waals surface area contributed by atoms with Gasteiger partial charge in [0.2, 0.25) is 5.91 Å². The topological polar surface area (TPSA) is 81.7 Å². The van der Waals surface area contributed by atoms with Crippen molar-refractivity contribution >= 4 is 41.2 Å². The number of methoxy groups -OCH3 is 2. The van der Waals surface area contributed by atoms with Crippen molar-refractivity contribution in [1.82, 2.24) is 0 Å². The van der Waals surface area contributed by atoms with E-state index in [1.807, 2.05) is 0 Å². The third kappa shape index (κ3) is 5.60. The van der Waals surface area contributed by atoms with Crippen LogP contribution in [0.1, 0.15) is 31.8 Å². The van der Waals surface area contributed by atoms with Gasteiger partial charge in [-0.2, -0.15) is 13.2 Å². The highest BCUT2D eigenvalue weighted by atomic mass is 35.5. The number of esters is 2. The molecule has 2 aromatic carbocycles. The van der Waals surface area contributed by atoms with E-state index < -0.39 is 34.6 Å². The van der Waals surface area contributed by atoms with Crippen LogP contribution in [0.3, 0.4) is 0 Å². The molecule has 0 radical (unpaired) electrons. The average Bonchev–Trinajstić information content (AvgIpc) is 2.71. The number of hydrogen-bond donors (Lipinski definition) is 1. The number of rotatable bonds is 5. The SMILES string of the molecule is COC(=O)c1ccc(C(=O)OC)c(NC(=O)/C=C/c2ccc(Cl)c(C(F)(F)F)c2)c1. The van der Waals surface area contributed by atoms with Gasteiger partial charge in [-0.15, -0.1) is 0 Å². The van der Waals surface area contributed by atoms with E-state index in [2.05, 4.69) is 14.8 Å². The molecule has 1 N–H and O–H groups in total. The molecule has 0 spiro atoms. The molecule has 0 aromatic heterocycles. The second-order valence-electron chi connectivity index (χ2n) is 5.80. The summed E-state index contributed by atoms with van der Waals surface area (Å²) in [6.45, 7) is 0. The summed E-state index contributed by atoms with van der Waals surface area (Å²) in [5, 5.41) is 1.92. The zero-order chi connectivity index (χ0) is 22.5. The van der Waals surface area contributed by atoms with Crippen LogP contribution < -0.4 is 5.32 Å². The second kappa shape index (κ2) is 9.45. The minimum absolute atomic E-state index is 0.0299. The quantitative estimate of drug-likeness (QED) is 0.542. The number of carbonyl (C=O) groups is 3. The van der Waals surface area contributed by atoms with Crippen LogP contribution in [0.5, 0.6) is 0 Å². The first kappa shape index (κ1) is 23.0. The Morgan fingerprint density at radius 3 is 2.27 bits per heavy atom. The Bertz CT molecular complexity index is 1020. The highest BCUT2D eigenvalue weighted by Gasteiger charge is 2.33. The van der Waals surface area contributed by atoms with Gasteiger partial charge in [0.1, 0.15) is 0 Å². The molecule has 0 unspecified atom stereocenters. The maximum Gasteiger partial charge on any atom is 0.417 e. The van der Waals surface area contributed by atoms with Gasteiger partial charge in [0.05, 0.1) is 41.6 Å². The molecule has 0 fully saturated rings. The molecule has 0 bridgehead atoms. The van der Waals surface area contributed by atoms with Crippen LogP contribution in [-0.2, 0) is 20.4 Å². The standard InChI is InChI=1S/C20H15ClF3NO5/c1-29-18(27)12-5-6-13(19(28)30-2)16(10-12)25-17(26)8-4-11-3-7-15(21)14(9-11)20(22,23)24/h3-10H,1-2H3,(H,25,26)/b8-4+. The second-order valence-corrected chi connectivity index (χ2v) is 6.21. The fraction of sp³-hybridized carbons (Fsp3) is 0.150. The van der Waals surface area contributed by atoms with Crippen molar-refractivity contribution in [2.45, 2.75) is 6.18 Å². The zero-order valence-corrected chi connectivity index (χ0v) is 16.4. The molecule has 10 heteroatoms. The normalized spacial score (nSPS) is 11.3. The summed E-state index contributed by atoms with van der Waals surface area (Å²) in [5.74, 6) is -2.22. The summed E-state index contributed by atoms with van der Waals surface area (Å²) in [7, 11) is 2.31. The molecule has 0 aliphatic rings. The van der Waals surface area contributed by atoms with E-state index in [0.29, 0.717) is 0 Å². The van der Waals surface area contributed by atoms with Gasteiger partial charge in [-0.3, -0.25) is 4.79 Å². The zero-order valence-electron chi connectivity index (χ0n) is 15.7. The van der Waals surface area contributed by atoms with Gasteiger partial charge in [0.15, 0.2) is 0 Å². The molecule has 0 saturated carbocycles. The molecule has 2 aromatic rings. The molecule has 30 heavy (non-hydrogen) atoms. The van der Waals surface area contributed by atoms with Crippen molar-refractivity contribution < 1.29 is 37.0 Å². The number of nitrogens with one attached hydrogen (secondary N) is 1. The lowest BCUT2D eigenvalue weighted by Crippen LogP contribution is -2.14. The van der Waals surface area contributed by atoms with E-state index in [1.54, 1.807) is 0 Å². The maximum atomic E-state index is 12.9. The van der Waals surface area contributed by atoms with Gasteiger partial charge in [0, 0.05) is 6.08 Å². The fourth-order valence-corrected chi connectivity index (χ4v) is 2.62. The van der Waals surface area contributed by atoms with Crippen molar-refractivity contribution in [3.05, 3.63) is 69.8 Å². The molecular formula is C20H15ClF3NO5. The molecule has 6 nitrogen and oxygen atoms in total. The van der Waals surface area contributed by atoms with E-state index in [0.717, 1.165) is 31.4 Å². The van der Waals surface area contributed by atoms with Crippen molar-refractivity contribution in [2.75, 3.05) is 19.5 Å². The smallest absolute Gasteiger partial charge is 0.417 e. The highest BCUT2D eigenvalue weighted by molar-refractivity contribution is 6.31. The largest absolute Gasteiger partial charge is 0.465 e. The van der Waals surface area contributed by atoms with Crippen LogP contribution in [-0.4, -0.2) is 32.1 Å². The van der Waals surface area contributed by atoms with Gasteiger partial charge in [-0.1, -0.05) is 17.7 Å². The van der Waals surface area contributed by atoms with E-state index in [1.165, 1.54) is 31.4 Å². The average molecular weight is 442 g/mol. The van der Waals surface area contributed by atoms with Crippen LogP contribution in [0.4, 0.5) is 18.9 Å². The van der Waals surface area contributed by atoms with Gasteiger partial charge in [-0.25, -0.2) is 9.59 Å². The summed E-state index contributed by atoms with van der Waals surface area (Å²) in [4.78, 5) is 35.8. The van der Waals surface area contributed by atoms with Crippen molar-refractivity contribution in [1.29, 1.82) is 0 Å². The lowest BCUT2D eigenvalue weighted by Gasteiger charge is -2.10. The Labute approximate surface area is 174 Å². The number of benzene rings is 2. The Balaban J connectivity index is 2.29.